The lowest BCUT2D eigenvalue weighted by Crippen LogP contribution is -2.20. The van der Waals surface area contributed by atoms with Gasteiger partial charge in [-0.1, -0.05) is 60.7 Å². The van der Waals surface area contributed by atoms with Crippen LogP contribution in [-0.2, 0) is 9.59 Å². The largest absolute Gasteiger partial charge is 0.461 e. The minimum absolute atomic E-state index is 0.0279. The van der Waals surface area contributed by atoms with Crippen LogP contribution in [0.15, 0.2) is 83.5 Å². The zero-order valence-electron chi connectivity index (χ0n) is 15.7. The van der Waals surface area contributed by atoms with Gasteiger partial charge >= 0.3 is 0 Å². The van der Waals surface area contributed by atoms with Gasteiger partial charge in [0.25, 0.3) is 0 Å². The first kappa shape index (κ1) is 19.5. The van der Waals surface area contributed by atoms with Crippen LogP contribution >= 0.6 is 0 Å². The maximum atomic E-state index is 12.9. The van der Waals surface area contributed by atoms with Crippen LogP contribution in [0.5, 0.6) is 0 Å². The Balaban J connectivity index is 1.81. The molecule has 0 spiro atoms. The second kappa shape index (κ2) is 9.09. The van der Waals surface area contributed by atoms with Gasteiger partial charge in [0.1, 0.15) is 11.6 Å². The zero-order chi connectivity index (χ0) is 19.9. The number of rotatable bonds is 9. The summed E-state index contributed by atoms with van der Waals surface area (Å²) in [5, 5.41) is 0. The second-order valence-electron chi connectivity index (χ2n) is 6.83. The normalized spacial score (nSPS) is 12.9. The van der Waals surface area contributed by atoms with E-state index in [1.165, 1.54) is 13.2 Å². The van der Waals surface area contributed by atoms with Gasteiger partial charge in [-0.25, -0.2) is 0 Å². The van der Waals surface area contributed by atoms with Crippen molar-refractivity contribution in [2.45, 2.75) is 31.6 Å². The van der Waals surface area contributed by atoms with Gasteiger partial charge in [-0.05, 0) is 30.2 Å². The fraction of sp³-hybridized carbons (Fsp3) is 0.208. The smallest absolute Gasteiger partial charge is 0.205 e. The molecule has 0 aliphatic carbocycles. The van der Waals surface area contributed by atoms with E-state index in [2.05, 4.69) is 0 Å². The summed E-state index contributed by atoms with van der Waals surface area (Å²) >= 11 is 0. The molecule has 0 bridgehead atoms. The van der Waals surface area contributed by atoms with E-state index in [0.717, 1.165) is 11.1 Å². The first-order chi connectivity index (χ1) is 13.6. The van der Waals surface area contributed by atoms with Crippen molar-refractivity contribution in [2.24, 2.45) is 0 Å². The van der Waals surface area contributed by atoms with Crippen molar-refractivity contribution in [3.05, 3.63) is 95.9 Å². The third-order valence-electron chi connectivity index (χ3n) is 4.84. The lowest BCUT2D eigenvalue weighted by molar-refractivity contribution is -0.124. The van der Waals surface area contributed by atoms with Crippen LogP contribution in [0.3, 0.4) is 0 Å². The van der Waals surface area contributed by atoms with Crippen LogP contribution in [0.1, 0.15) is 53.3 Å². The molecule has 2 aromatic carbocycles. The average molecular weight is 374 g/mol. The molecule has 3 aromatic rings. The third-order valence-corrected chi connectivity index (χ3v) is 4.84. The van der Waals surface area contributed by atoms with Crippen LogP contribution in [0, 0.1) is 0 Å². The summed E-state index contributed by atoms with van der Waals surface area (Å²) in [5.74, 6) is -1.32. The van der Waals surface area contributed by atoms with Crippen LogP contribution in [0.2, 0.25) is 0 Å². The van der Waals surface area contributed by atoms with E-state index >= 15 is 0 Å². The van der Waals surface area contributed by atoms with Gasteiger partial charge in [-0.3, -0.25) is 14.4 Å². The molecule has 2 unspecified atom stereocenters. The van der Waals surface area contributed by atoms with Crippen LogP contribution < -0.4 is 0 Å². The fourth-order valence-electron chi connectivity index (χ4n) is 3.36. The van der Waals surface area contributed by atoms with Gasteiger partial charge < -0.3 is 4.42 Å². The first-order valence-electron chi connectivity index (χ1n) is 9.26. The molecular formula is C24H22O4. The highest BCUT2D eigenvalue weighted by Crippen LogP contribution is 2.28. The van der Waals surface area contributed by atoms with Gasteiger partial charge in [-0.15, -0.1) is 0 Å². The van der Waals surface area contributed by atoms with Crippen molar-refractivity contribution in [1.82, 2.24) is 0 Å². The minimum Gasteiger partial charge on any atom is -0.461 e. The molecule has 0 N–H and O–H groups in total. The Labute approximate surface area is 164 Å². The second-order valence-corrected chi connectivity index (χ2v) is 6.83. The molecule has 0 amide bonds. The number of hydrogen-bond donors (Lipinski definition) is 0. The fourth-order valence-corrected chi connectivity index (χ4v) is 3.36. The van der Waals surface area contributed by atoms with Crippen LogP contribution in [0.25, 0.3) is 0 Å². The van der Waals surface area contributed by atoms with E-state index in [9.17, 15) is 14.4 Å². The Morgan fingerprint density at radius 3 is 1.79 bits per heavy atom. The molecule has 2 atom stereocenters. The maximum Gasteiger partial charge on any atom is 0.205 e. The highest BCUT2D eigenvalue weighted by atomic mass is 16.3. The number of benzene rings is 2. The Bertz CT molecular complexity index is 927. The van der Waals surface area contributed by atoms with Crippen molar-refractivity contribution in [2.75, 3.05) is 0 Å². The monoisotopic (exact) mass is 374 g/mol. The van der Waals surface area contributed by atoms with Crippen molar-refractivity contribution in [3.8, 4) is 0 Å². The number of Topliss-reactive ketones (excluding diaryl/α,β-unsaturated/α-hetero) is 3. The molecule has 0 radical (unpaired) electrons. The molecule has 1 aromatic heterocycles. The highest BCUT2D eigenvalue weighted by molar-refractivity contribution is 6.02. The molecule has 0 fully saturated rings. The summed E-state index contributed by atoms with van der Waals surface area (Å²) in [6.07, 6.45) is 1.55. The summed E-state index contributed by atoms with van der Waals surface area (Å²) in [7, 11) is 0. The van der Waals surface area contributed by atoms with Crippen molar-refractivity contribution < 1.29 is 18.8 Å². The van der Waals surface area contributed by atoms with Crippen LogP contribution in [0.4, 0.5) is 0 Å². The zero-order valence-corrected chi connectivity index (χ0v) is 15.7. The molecular weight excluding hydrogens is 352 g/mol. The lowest BCUT2D eigenvalue weighted by Gasteiger charge is -2.17. The topological polar surface area (TPSA) is 64.3 Å². The number of furan rings is 1. The quantitative estimate of drug-likeness (QED) is 0.496. The molecule has 3 rings (SSSR count). The van der Waals surface area contributed by atoms with Gasteiger partial charge in [-0.2, -0.15) is 0 Å². The SMILES string of the molecule is CC(=O)C(CC(=O)CC(C(=O)c1ccco1)c1ccccc1)c1ccccc1. The molecule has 0 saturated heterocycles. The predicted molar refractivity (Wildman–Crippen MR) is 106 cm³/mol. The summed E-state index contributed by atoms with van der Waals surface area (Å²) in [5.41, 5.74) is 1.58. The standard InChI is InChI=1S/C24H22O4/c1-17(25)21(18-9-4-2-5-10-18)15-20(26)16-22(19-11-6-3-7-12-19)24(27)23-13-8-14-28-23/h2-14,21-22H,15-16H2,1H3. The molecule has 4 nitrogen and oxygen atoms in total. The molecule has 142 valence electrons. The Morgan fingerprint density at radius 2 is 1.29 bits per heavy atom. The van der Waals surface area contributed by atoms with E-state index in [1.807, 2.05) is 60.7 Å². The molecule has 0 aliphatic heterocycles. The number of ketones is 3. The Hall–Kier alpha value is -3.27. The molecule has 1 heterocycles. The van der Waals surface area contributed by atoms with E-state index in [1.54, 1.807) is 12.1 Å². The molecule has 4 heteroatoms. The Kier molecular flexibility index (Phi) is 6.33. The van der Waals surface area contributed by atoms with Gasteiger partial charge in [0.05, 0.1) is 12.2 Å². The van der Waals surface area contributed by atoms with Crippen molar-refractivity contribution in [3.63, 3.8) is 0 Å². The number of carbonyl (C=O) groups is 3. The summed E-state index contributed by atoms with van der Waals surface area (Å²) in [6.45, 7) is 1.49. The van der Waals surface area contributed by atoms with Crippen molar-refractivity contribution in [1.29, 1.82) is 0 Å². The highest BCUT2D eigenvalue weighted by Gasteiger charge is 2.28. The third kappa shape index (κ3) is 4.71. The summed E-state index contributed by atoms with van der Waals surface area (Å²) in [4.78, 5) is 37.9. The Morgan fingerprint density at radius 1 is 0.750 bits per heavy atom. The van der Waals surface area contributed by atoms with Gasteiger partial charge in [0.2, 0.25) is 5.78 Å². The maximum absolute atomic E-state index is 12.9. The lowest BCUT2D eigenvalue weighted by atomic mass is 9.84. The predicted octanol–water partition coefficient (Wildman–Crippen LogP) is 4.97. The number of carbonyl (C=O) groups excluding carboxylic acids is 3. The van der Waals surface area contributed by atoms with Gasteiger partial charge in [0, 0.05) is 18.8 Å². The summed E-state index contributed by atoms with van der Waals surface area (Å²) in [6, 6.07) is 21.7. The van der Waals surface area contributed by atoms with Crippen LogP contribution in [-0.4, -0.2) is 17.3 Å². The van der Waals surface area contributed by atoms with E-state index < -0.39 is 11.8 Å². The summed E-state index contributed by atoms with van der Waals surface area (Å²) < 4.78 is 5.25. The van der Waals surface area contributed by atoms with Crippen molar-refractivity contribution >= 4 is 17.3 Å². The molecule has 0 aliphatic rings. The van der Waals surface area contributed by atoms with E-state index in [-0.39, 0.29) is 36.0 Å². The van der Waals surface area contributed by atoms with Gasteiger partial charge in [0.15, 0.2) is 5.76 Å². The minimum atomic E-state index is -0.636. The first-order valence-corrected chi connectivity index (χ1v) is 9.26. The van der Waals surface area contributed by atoms with E-state index in [0.29, 0.717) is 0 Å². The molecule has 0 saturated carbocycles. The number of hydrogen-bond acceptors (Lipinski definition) is 4. The average Bonchev–Trinajstić information content (AvgIpc) is 3.26. The molecule has 28 heavy (non-hydrogen) atoms. The van der Waals surface area contributed by atoms with E-state index in [4.69, 9.17) is 4.42 Å².